The van der Waals surface area contributed by atoms with Gasteiger partial charge in [-0.15, -0.1) is 0 Å². The number of aryl methyl sites for hydroxylation is 2. The van der Waals surface area contributed by atoms with Crippen LogP contribution in [0.4, 0.5) is 18.9 Å². The Balaban J connectivity index is 1.47. The number of rotatable bonds is 5. The summed E-state index contributed by atoms with van der Waals surface area (Å²) in [5, 5.41) is 4.05. The van der Waals surface area contributed by atoms with Crippen LogP contribution in [0, 0.1) is 31.3 Å². The van der Waals surface area contributed by atoms with E-state index in [2.05, 4.69) is 5.16 Å². The van der Waals surface area contributed by atoms with Gasteiger partial charge in [-0.3, -0.25) is 9.69 Å². The van der Waals surface area contributed by atoms with Crippen molar-refractivity contribution >= 4 is 22.6 Å². The number of methoxy groups -OCH3 is 1. The predicted molar refractivity (Wildman–Crippen MR) is 140 cm³/mol. The number of morpholine rings is 1. The molecule has 210 valence electrons. The van der Waals surface area contributed by atoms with Crippen LogP contribution in [-0.2, 0) is 14.3 Å². The molecule has 1 saturated carbocycles. The van der Waals surface area contributed by atoms with E-state index in [1.54, 1.807) is 0 Å². The SMILES string of the molecule is [2H]C([2H])([2H])OC1CCC(n2c([C@@H]3COCC(=O)N3c3cc(F)c(F)c(F)c3)nc3cc(-c4c(C)noc4C)ccc32)CC1. The standard InChI is InChI=1S/C29H29F3N4O4/c1-15-27(16(2)40-34-15)17-4-9-24-23(10-17)33-29(36(24)18-5-7-20(38-3)8-6-18)25-13-39-14-26(37)35(25)19-11-21(30)28(32)22(31)12-19/h4,9-12,18,20,25H,5-8,13-14H2,1-3H3/t18?,20?,25-/m0/s1/i3D3. The molecule has 1 amide bonds. The lowest BCUT2D eigenvalue weighted by molar-refractivity contribution is -0.127. The molecule has 3 heterocycles. The van der Waals surface area contributed by atoms with E-state index in [0.717, 1.165) is 28.8 Å². The highest BCUT2D eigenvalue weighted by Gasteiger charge is 2.38. The second-order valence-electron chi connectivity index (χ2n) is 10.3. The molecule has 40 heavy (non-hydrogen) atoms. The summed E-state index contributed by atoms with van der Waals surface area (Å²) in [6, 6.07) is 6.25. The minimum Gasteiger partial charge on any atom is -0.381 e. The minimum absolute atomic E-state index is 0.0239. The number of aromatic nitrogens is 3. The summed E-state index contributed by atoms with van der Waals surface area (Å²) in [5.41, 5.74) is 3.56. The van der Waals surface area contributed by atoms with Gasteiger partial charge in [0.05, 0.1) is 39.2 Å². The monoisotopic (exact) mass is 557 g/mol. The van der Waals surface area contributed by atoms with Gasteiger partial charge in [-0.1, -0.05) is 11.2 Å². The molecular weight excluding hydrogens is 525 g/mol. The molecule has 6 rings (SSSR count). The summed E-state index contributed by atoms with van der Waals surface area (Å²) in [6.07, 6.45) is 1.65. The third-order valence-corrected chi connectivity index (χ3v) is 7.84. The minimum atomic E-state index is -2.50. The number of fused-ring (bicyclic) bond motifs is 1. The van der Waals surface area contributed by atoms with E-state index in [4.69, 9.17) is 23.1 Å². The van der Waals surface area contributed by atoms with Crippen molar-refractivity contribution in [2.45, 2.75) is 57.7 Å². The number of nitrogens with zero attached hydrogens (tertiary/aromatic N) is 4. The quantitative estimate of drug-likeness (QED) is 0.282. The molecule has 1 aliphatic carbocycles. The maximum Gasteiger partial charge on any atom is 0.253 e. The molecule has 11 heteroatoms. The Morgan fingerprint density at radius 3 is 2.50 bits per heavy atom. The third kappa shape index (κ3) is 4.46. The van der Waals surface area contributed by atoms with E-state index in [0.29, 0.717) is 48.5 Å². The first-order valence-corrected chi connectivity index (χ1v) is 13.1. The second kappa shape index (κ2) is 10.4. The van der Waals surface area contributed by atoms with Gasteiger partial charge in [0.1, 0.15) is 24.2 Å². The zero-order valence-electron chi connectivity index (χ0n) is 24.9. The van der Waals surface area contributed by atoms with Gasteiger partial charge in [0.2, 0.25) is 0 Å². The summed E-state index contributed by atoms with van der Waals surface area (Å²) in [7, 11) is -2.50. The smallest absolute Gasteiger partial charge is 0.253 e. The van der Waals surface area contributed by atoms with Crippen LogP contribution >= 0.6 is 0 Å². The van der Waals surface area contributed by atoms with E-state index in [1.165, 1.54) is 4.90 Å². The van der Waals surface area contributed by atoms with Crippen molar-refractivity contribution in [1.82, 2.24) is 14.7 Å². The Morgan fingerprint density at radius 1 is 1.07 bits per heavy atom. The molecule has 0 bridgehead atoms. The topological polar surface area (TPSA) is 82.6 Å². The molecule has 0 unspecified atom stereocenters. The Hall–Kier alpha value is -3.70. The Kier molecular flexibility index (Phi) is 5.97. The van der Waals surface area contributed by atoms with Crippen LogP contribution < -0.4 is 4.90 Å². The van der Waals surface area contributed by atoms with Crippen molar-refractivity contribution < 1.29 is 36.1 Å². The first kappa shape index (κ1) is 23.0. The Labute approximate surface area is 232 Å². The van der Waals surface area contributed by atoms with E-state index in [9.17, 15) is 18.0 Å². The molecule has 4 aromatic rings. The van der Waals surface area contributed by atoms with Crippen molar-refractivity contribution in [3.8, 4) is 11.1 Å². The molecule has 2 aromatic heterocycles. The van der Waals surface area contributed by atoms with Crippen LogP contribution in [0.1, 0.15) is 59.2 Å². The first-order valence-electron chi connectivity index (χ1n) is 14.6. The van der Waals surface area contributed by atoms with Crippen LogP contribution in [0.5, 0.6) is 0 Å². The van der Waals surface area contributed by atoms with Crippen molar-refractivity contribution in [3.63, 3.8) is 0 Å². The zero-order valence-corrected chi connectivity index (χ0v) is 21.9. The van der Waals surface area contributed by atoms with E-state index in [1.807, 2.05) is 36.6 Å². The number of benzene rings is 2. The van der Waals surface area contributed by atoms with Crippen molar-refractivity contribution in [1.29, 1.82) is 0 Å². The van der Waals surface area contributed by atoms with Gasteiger partial charge in [0, 0.05) is 30.8 Å². The number of imidazole rings is 1. The molecule has 1 aliphatic heterocycles. The molecule has 0 radical (unpaired) electrons. The second-order valence-corrected chi connectivity index (χ2v) is 10.3. The van der Waals surface area contributed by atoms with Gasteiger partial charge in [-0.05, 0) is 57.2 Å². The molecule has 1 atom stereocenters. The van der Waals surface area contributed by atoms with Crippen LogP contribution in [0.2, 0.25) is 0 Å². The van der Waals surface area contributed by atoms with Crippen LogP contribution in [-0.4, -0.2) is 47.0 Å². The Morgan fingerprint density at radius 2 is 1.82 bits per heavy atom. The highest BCUT2D eigenvalue weighted by molar-refractivity contribution is 5.96. The summed E-state index contributed by atoms with van der Waals surface area (Å²) in [5.74, 6) is -3.97. The maximum absolute atomic E-state index is 14.3. The lowest BCUT2D eigenvalue weighted by Gasteiger charge is -2.37. The summed E-state index contributed by atoms with van der Waals surface area (Å²) in [4.78, 5) is 19.3. The highest BCUT2D eigenvalue weighted by Crippen LogP contribution is 2.40. The fraction of sp³-hybridized carbons (Fsp3) is 0.414. The molecule has 8 nitrogen and oxygen atoms in total. The number of halogens is 3. The average molecular weight is 558 g/mol. The number of carbonyl (C=O) groups excluding carboxylic acids is 1. The molecule has 2 aliphatic rings. The van der Waals surface area contributed by atoms with Crippen molar-refractivity contribution in [2.75, 3.05) is 25.2 Å². The summed E-state index contributed by atoms with van der Waals surface area (Å²) in [6.45, 7) is 3.30. The van der Waals surface area contributed by atoms with Crippen molar-refractivity contribution in [2.24, 2.45) is 0 Å². The van der Waals surface area contributed by atoms with Crippen LogP contribution in [0.25, 0.3) is 22.2 Å². The third-order valence-electron chi connectivity index (χ3n) is 7.84. The number of hydrogen-bond donors (Lipinski definition) is 0. The maximum atomic E-state index is 14.3. The van der Waals surface area contributed by atoms with E-state index in [-0.39, 0.29) is 24.9 Å². The number of ether oxygens (including phenoxy) is 2. The lowest BCUT2D eigenvalue weighted by atomic mass is 9.92. The molecular formula is C29H29F3N4O4. The predicted octanol–water partition coefficient (Wildman–Crippen LogP) is 5.96. The lowest BCUT2D eigenvalue weighted by Crippen LogP contribution is -2.45. The van der Waals surface area contributed by atoms with Crippen LogP contribution in [0.3, 0.4) is 0 Å². The average Bonchev–Trinajstić information content (AvgIpc) is 3.49. The van der Waals surface area contributed by atoms with Gasteiger partial charge in [-0.2, -0.15) is 0 Å². The van der Waals surface area contributed by atoms with E-state index >= 15 is 0 Å². The van der Waals surface area contributed by atoms with Gasteiger partial charge in [-0.25, -0.2) is 18.2 Å². The molecule has 1 saturated heterocycles. The number of hydrogen-bond acceptors (Lipinski definition) is 6. The zero-order chi connectivity index (χ0) is 30.6. The largest absolute Gasteiger partial charge is 0.381 e. The van der Waals surface area contributed by atoms with E-state index < -0.39 is 42.5 Å². The fourth-order valence-corrected chi connectivity index (χ4v) is 5.98. The highest BCUT2D eigenvalue weighted by atomic mass is 19.2. The first-order chi connectivity index (χ1) is 20.4. The fourth-order valence-electron chi connectivity index (χ4n) is 5.98. The molecule has 0 N–H and O–H groups in total. The number of carbonyl (C=O) groups is 1. The normalized spacial score (nSPS) is 23.3. The summed E-state index contributed by atoms with van der Waals surface area (Å²) < 4.78 is 83.1. The number of amides is 1. The van der Waals surface area contributed by atoms with Gasteiger partial charge >= 0.3 is 0 Å². The summed E-state index contributed by atoms with van der Waals surface area (Å²) >= 11 is 0. The van der Waals surface area contributed by atoms with Gasteiger partial charge in [0.15, 0.2) is 17.5 Å². The molecule has 2 aromatic carbocycles. The van der Waals surface area contributed by atoms with Gasteiger partial charge in [0.25, 0.3) is 5.91 Å². The number of anilines is 1. The Bertz CT molecular complexity index is 1660. The van der Waals surface area contributed by atoms with Crippen LogP contribution in [0.15, 0.2) is 34.9 Å². The molecule has 0 spiro atoms. The molecule has 2 fully saturated rings. The van der Waals surface area contributed by atoms with Crippen molar-refractivity contribution in [3.05, 3.63) is 65.1 Å². The van der Waals surface area contributed by atoms with Gasteiger partial charge < -0.3 is 18.6 Å².